The van der Waals surface area contributed by atoms with Crippen molar-refractivity contribution < 1.29 is 19.1 Å². The minimum Gasteiger partial charge on any atom is -0.494 e. The predicted molar refractivity (Wildman–Crippen MR) is 113 cm³/mol. The van der Waals surface area contributed by atoms with Crippen molar-refractivity contribution in [2.24, 2.45) is 0 Å². The van der Waals surface area contributed by atoms with Gasteiger partial charge in [0.25, 0.3) is 5.91 Å². The fourth-order valence-corrected chi connectivity index (χ4v) is 2.44. The predicted octanol–water partition coefficient (Wildman–Crippen LogP) is 4.17. The number of thiocarbonyl (C=S) groups is 1. The van der Waals surface area contributed by atoms with Gasteiger partial charge in [-0.1, -0.05) is 13.8 Å². The van der Waals surface area contributed by atoms with Crippen molar-refractivity contribution in [1.82, 2.24) is 5.32 Å². The van der Waals surface area contributed by atoms with Crippen LogP contribution in [0.2, 0.25) is 0 Å². The average molecular weight is 401 g/mol. The summed E-state index contributed by atoms with van der Waals surface area (Å²) in [4.78, 5) is 24.1. The molecule has 0 aliphatic heterocycles. The molecule has 28 heavy (non-hydrogen) atoms. The molecule has 7 heteroatoms. The highest BCUT2D eigenvalue weighted by atomic mass is 32.1. The van der Waals surface area contributed by atoms with Crippen LogP contribution in [0.15, 0.2) is 48.5 Å². The molecule has 2 rings (SSSR count). The summed E-state index contributed by atoms with van der Waals surface area (Å²) in [5, 5.41) is 5.70. The first-order chi connectivity index (χ1) is 13.5. The lowest BCUT2D eigenvalue weighted by atomic mass is 10.2. The van der Waals surface area contributed by atoms with Crippen LogP contribution in [0.25, 0.3) is 0 Å². The van der Waals surface area contributed by atoms with E-state index in [9.17, 15) is 9.59 Å². The van der Waals surface area contributed by atoms with Crippen LogP contribution in [0.3, 0.4) is 0 Å². The zero-order chi connectivity index (χ0) is 20.4. The summed E-state index contributed by atoms with van der Waals surface area (Å²) in [6, 6.07) is 13.5. The summed E-state index contributed by atoms with van der Waals surface area (Å²) >= 11 is 5.18. The zero-order valence-corrected chi connectivity index (χ0v) is 16.8. The highest BCUT2D eigenvalue weighted by Crippen LogP contribution is 2.13. The smallest absolute Gasteiger partial charge is 0.338 e. The summed E-state index contributed by atoms with van der Waals surface area (Å²) in [6.45, 7) is 4.99. The molecule has 6 nitrogen and oxygen atoms in total. The third kappa shape index (κ3) is 6.66. The molecule has 148 valence electrons. The van der Waals surface area contributed by atoms with Crippen LogP contribution < -0.4 is 15.4 Å². The topological polar surface area (TPSA) is 76.7 Å². The summed E-state index contributed by atoms with van der Waals surface area (Å²) < 4.78 is 10.6. The van der Waals surface area contributed by atoms with E-state index in [2.05, 4.69) is 10.6 Å². The molecule has 0 aliphatic carbocycles. The van der Waals surface area contributed by atoms with Crippen molar-refractivity contribution in [3.05, 3.63) is 59.7 Å². The monoisotopic (exact) mass is 400 g/mol. The van der Waals surface area contributed by atoms with Gasteiger partial charge in [-0.25, -0.2) is 4.79 Å². The molecule has 0 saturated heterocycles. The Morgan fingerprint density at radius 3 is 2.11 bits per heavy atom. The molecule has 2 N–H and O–H groups in total. The SMILES string of the molecule is CCCOC(=O)c1ccc(NC(=S)NC(=O)c2ccc(OCCC)cc2)cc1. The van der Waals surface area contributed by atoms with Gasteiger partial charge >= 0.3 is 5.97 Å². The molecule has 0 fully saturated rings. The number of carbonyl (C=O) groups excluding carboxylic acids is 2. The van der Waals surface area contributed by atoms with Crippen molar-refractivity contribution in [2.75, 3.05) is 18.5 Å². The van der Waals surface area contributed by atoms with Gasteiger partial charge in [0.05, 0.1) is 18.8 Å². The van der Waals surface area contributed by atoms with Gasteiger partial charge in [-0.2, -0.15) is 0 Å². The molecule has 0 unspecified atom stereocenters. The quantitative estimate of drug-likeness (QED) is 0.512. The van der Waals surface area contributed by atoms with E-state index in [-0.39, 0.29) is 17.0 Å². The van der Waals surface area contributed by atoms with Crippen LogP contribution >= 0.6 is 12.2 Å². The summed E-state index contributed by atoms with van der Waals surface area (Å²) in [6.07, 6.45) is 1.69. The van der Waals surface area contributed by atoms with Gasteiger partial charge in [-0.05, 0) is 73.6 Å². The molecule has 1 amide bonds. The maximum atomic E-state index is 12.3. The molecule has 2 aromatic rings. The highest BCUT2D eigenvalue weighted by Gasteiger charge is 2.10. The standard InChI is InChI=1S/C21H24N2O4S/c1-3-13-26-18-11-7-15(8-12-18)19(24)23-21(28)22-17-9-5-16(6-10-17)20(25)27-14-4-2/h5-12H,3-4,13-14H2,1-2H3,(H2,22,23,24,28). The van der Waals surface area contributed by atoms with Crippen LogP contribution in [0.1, 0.15) is 47.4 Å². The molecule has 0 radical (unpaired) electrons. The third-order valence-electron chi connectivity index (χ3n) is 3.63. The lowest BCUT2D eigenvalue weighted by molar-refractivity contribution is 0.0505. The summed E-state index contributed by atoms with van der Waals surface area (Å²) in [5.41, 5.74) is 1.59. The second-order valence-electron chi connectivity index (χ2n) is 5.99. The molecular weight excluding hydrogens is 376 g/mol. The molecule has 0 spiro atoms. The van der Waals surface area contributed by atoms with E-state index in [1.54, 1.807) is 48.5 Å². The van der Waals surface area contributed by atoms with Crippen molar-refractivity contribution in [1.29, 1.82) is 0 Å². The van der Waals surface area contributed by atoms with Crippen molar-refractivity contribution in [3.63, 3.8) is 0 Å². The summed E-state index contributed by atoms with van der Waals surface area (Å²) in [7, 11) is 0. The fourth-order valence-electron chi connectivity index (χ4n) is 2.23. The average Bonchev–Trinajstić information content (AvgIpc) is 2.71. The van der Waals surface area contributed by atoms with Gasteiger partial charge in [0.15, 0.2) is 5.11 Å². The number of anilines is 1. The lowest BCUT2D eigenvalue weighted by Gasteiger charge is -2.11. The van der Waals surface area contributed by atoms with E-state index in [1.807, 2.05) is 13.8 Å². The van der Waals surface area contributed by atoms with Gasteiger partial charge in [0.1, 0.15) is 5.75 Å². The third-order valence-corrected chi connectivity index (χ3v) is 3.84. The first-order valence-corrected chi connectivity index (χ1v) is 9.56. The molecule has 2 aromatic carbocycles. The number of benzene rings is 2. The van der Waals surface area contributed by atoms with Crippen molar-refractivity contribution in [2.45, 2.75) is 26.7 Å². The van der Waals surface area contributed by atoms with Crippen LogP contribution in [0, 0.1) is 0 Å². The van der Waals surface area contributed by atoms with E-state index >= 15 is 0 Å². The van der Waals surface area contributed by atoms with E-state index in [1.165, 1.54) is 0 Å². The van der Waals surface area contributed by atoms with E-state index < -0.39 is 0 Å². The molecule has 0 saturated carbocycles. The summed E-state index contributed by atoms with van der Waals surface area (Å²) in [5.74, 6) is 0.0339. The maximum Gasteiger partial charge on any atom is 0.338 e. The number of hydrogen-bond acceptors (Lipinski definition) is 5. The maximum absolute atomic E-state index is 12.3. The van der Waals surface area contributed by atoms with Crippen molar-refractivity contribution >= 4 is 34.9 Å². The molecule has 0 heterocycles. The number of carbonyl (C=O) groups is 2. The number of rotatable bonds is 8. The Morgan fingerprint density at radius 1 is 0.893 bits per heavy atom. The Kier molecular flexibility index (Phi) is 8.42. The van der Waals surface area contributed by atoms with E-state index in [4.69, 9.17) is 21.7 Å². The minimum absolute atomic E-state index is 0.164. The Morgan fingerprint density at radius 2 is 1.50 bits per heavy atom. The van der Waals surface area contributed by atoms with Crippen molar-refractivity contribution in [3.8, 4) is 5.75 Å². The normalized spacial score (nSPS) is 10.1. The number of esters is 1. The Bertz CT molecular complexity index is 804. The number of hydrogen-bond donors (Lipinski definition) is 2. The fraction of sp³-hybridized carbons (Fsp3) is 0.286. The van der Waals surface area contributed by atoms with Crippen LogP contribution in [-0.4, -0.2) is 30.2 Å². The van der Waals surface area contributed by atoms with E-state index in [0.717, 1.165) is 18.6 Å². The Labute approximate surface area is 170 Å². The molecule has 0 aliphatic rings. The van der Waals surface area contributed by atoms with E-state index in [0.29, 0.717) is 30.0 Å². The van der Waals surface area contributed by atoms with Crippen LogP contribution in [0.5, 0.6) is 5.75 Å². The largest absolute Gasteiger partial charge is 0.494 e. The molecule has 0 aromatic heterocycles. The Hall–Kier alpha value is -2.93. The Balaban J connectivity index is 1.87. The van der Waals surface area contributed by atoms with Gasteiger partial charge in [-0.3, -0.25) is 10.1 Å². The van der Waals surface area contributed by atoms with Gasteiger partial charge in [0.2, 0.25) is 0 Å². The van der Waals surface area contributed by atoms with Crippen LogP contribution in [-0.2, 0) is 4.74 Å². The molecule has 0 bridgehead atoms. The number of amides is 1. The number of ether oxygens (including phenoxy) is 2. The second kappa shape index (κ2) is 11.0. The van der Waals surface area contributed by atoms with Gasteiger partial charge < -0.3 is 14.8 Å². The van der Waals surface area contributed by atoms with Gasteiger partial charge in [0, 0.05) is 11.3 Å². The molecule has 0 atom stereocenters. The first-order valence-electron chi connectivity index (χ1n) is 9.15. The minimum atomic E-state index is -0.365. The highest BCUT2D eigenvalue weighted by molar-refractivity contribution is 7.80. The van der Waals surface area contributed by atoms with Crippen LogP contribution in [0.4, 0.5) is 5.69 Å². The lowest BCUT2D eigenvalue weighted by Crippen LogP contribution is -2.34. The molecular formula is C21H24N2O4S. The second-order valence-corrected chi connectivity index (χ2v) is 6.40. The van der Waals surface area contributed by atoms with Gasteiger partial charge in [-0.15, -0.1) is 0 Å². The first kappa shape index (κ1) is 21.4. The zero-order valence-electron chi connectivity index (χ0n) is 16.0. The number of nitrogens with one attached hydrogen (secondary N) is 2.